The summed E-state index contributed by atoms with van der Waals surface area (Å²) in [6.45, 7) is 4.58. The molecule has 1 aromatic rings. The highest BCUT2D eigenvalue weighted by Crippen LogP contribution is 2.33. The second-order valence-corrected chi connectivity index (χ2v) is 6.66. The minimum absolute atomic E-state index is 0.345. The van der Waals surface area contributed by atoms with Gasteiger partial charge in [-0.15, -0.1) is 0 Å². The molecule has 1 saturated heterocycles. The zero-order valence-electron chi connectivity index (χ0n) is 12.9. The van der Waals surface area contributed by atoms with Crippen molar-refractivity contribution >= 4 is 5.97 Å². The zero-order chi connectivity index (χ0) is 14.8. The molecule has 4 nitrogen and oxygen atoms in total. The van der Waals surface area contributed by atoms with Gasteiger partial charge in [0, 0.05) is 31.4 Å². The SMILES string of the molecule is CC(C1CCCC1)N1CCC(n2cccc2C(=O)O)CC1. The van der Waals surface area contributed by atoms with E-state index in [2.05, 4.69) is 11.8 Å². The van der Waals surface area contributed by atoms with Crippen molar-refractivity contribution in [1.29, 1.82) is 0 Å². The Balaban J connectivity index is 1.59. The van der Waals surface area contributed by atoms with Crippen molar-refractivity contribution < 1.29 is 9.90 Å². The topological polar surface area (TPSA) is 45.5 Å². The average Bonchev–Trinajstić information content (AvgIpc) is 3.18. The summed E-state index contributed by atoms with van der Waals surface area (Å²) >= 11 is 0. The van der Waals surface area contributed by atoms with Gasteiger partial charge < -0.3 is 14.6 Å². The third kappa shape index (κ3) is 3.00. The van der Waals surface area contributed by atoms with E-state index >= 15 is 0 Å². The highest BCUT2D eigenvalue weighted by Gasteiger charge is 2.30. The number of piperidine rings is 1. The van der Waals surface area contributed by atoms with Crippen LogP contribution < -0.4 is 0 Å². The molecule has 21 heavy (non-hydrogen) atoms. The molecule has 1 atom stereocenters. The van der Waals surface area contributed by atoms with Gasteiger partial charge in [0.15, 0.2) is 0 Å². The van der Waals surface area contributed by atoms with Crippen LogP contribution in [0, 0.1) is 5.92 Å². The predicted molar refractivity (Wildman–Crippen MR) is 82.7 cm³/mol. The van der Waals surface area contributed by atoms with Gasteiger partial charge >= 0.3 is 5.97 Å². The number of likely N-dealkylation sites (tertiary alicyclic amines) is 1. The molecule has 1 N–H and O–H groups in total. The van der Waals surface area contributed by atoms with Crippen molar-refractivity contribution in [2.75, 3.05) is 13.1 Å². The highest BCUT2D eigenvalue weighted by molar-refractivity contribution is 5.85. The summed E-state index contributed by atoms with van der Waals surface area (Å²) in [6.07, 6.45) is 9.62. The van der Waals surface area contributed by atoms with Crippen LogP contribution in [-0.4, -0.2) is 39.7 Å². The summed E-state index contributed by atoms with van der Waals surface area (Å²) < 4.78 is 1.96. The second kappa shape index (κ2) is 6.22. The Hall–Kier alpha value is -1.29. The standard InChI is InChI=1S/C17H26N2O2/c1-13(14-5-2-3-6-14)18-11-8-15(9-12-18)19-10-4-7-16(19)17(20)21/h4,7,10,13-15H,2-3,5-6,8-9,11-12H2,1H3,(H,20,21). The van der Waals surface area contributed by atoms with Crippen LogP contribution in [0.2, 0.25) is 0 Å². The number of carboxylic acids is 1. The molecule has 3 rings (SSSR count). The van der Waals surface area contributed by atoms with Crippen LogP contribution in [0.15, 0.2) is 18.3 Å². The number of hydrogen-bond acceptors (Lipinski definition) is 2. The zero-order valence-corrected chi connectivity index (χ0v) is 12.9. The number of rotatable bonds is 4. The maximum absolute atomic E-state index is 11.2. The monoisotopic (exact) mass is 290 g/mol. The molecule has 1 unspecified atom stereocenters. The fourth-order valence-electron chi connectivity index (χ4n) is 4.20. The number of carboxylic acid groups (broad SMARTS) is 1. The van der Waals surface area contributed by atoms with Crippen LogP contribution in [-0.2, 0) is 0 Å². The lowest BCUT2D eigenvalue weighted by Crippen LogP contribution is -2.43. The van der Waals surface area contributed by atoms with Gasteiger partial charge in [0.05, 0.1) is 0 Å². The van der Waals surface area contributed by atoms with Gasteiger partial charge in [0.1, 0.15) is 5.69 Å². The van der Waals surface area contributed by atoms with Crippen LogP contribution in [0.1, 0.15) is 62.0 Å². The Bertz CT molecular complexity index is 483. The van der Waals surface area contributed by atoms with Crippen molar-refractivity contribution in [2.45, 2.75) is 57.5 Å². The molecule has 1 saturated carbocycles. The smallest absolute Gasteiger partial charge is 0.352 e. The van der Waals surface area contributed by atoms with Crippen molar-refractivity contribution in [2.24, 2.45) is 5.92 Å². The van der Waals surface area contributed by atoms with Gasteiger partial charge in [0.2, 0.25) is 0 Å². The van der Waals surface area contributed by atoms with E-state index in [1.807, 2.05) is 16.8 Å². The molecule has 1 aliphatic heterocycles. The Morgan fingerprint density at radius 2 is 1.90 bits per heavy atom. The van der Waals surface area contributed by atoms with Crippen molar-refractivity contribution in [3.05, 3.63) is 24.0 Å². The Morgan fingerprint density at radius 1 is 1.24 bits per heavy atom. The van der Waals surface area contributed by atoms with Crippen LogP contribution in [0.3, 0.4) is 0 Å². The molecule has 2 aliphatic rings. The van der Waals surface area contributed by atoms with E-state index in [-0.39, 0.29) is 0 Å². The van der Waals surface area contributed by atoms with Crippen molar-refractivity contribution in [1.82, 2.24) is 9.47 Å². The van der Waals surface area contributed by atoms with Gasteiger partial charge in [-0.1, -0.05) is 12.8 Å². The first-order chi connectivity index (χ1) is 10.2. The normalized spacial score (nSPS) is 23.5. The number of aromatic nitrogens is 1. The van der Waals surface area contributed by atoms with E-state index in [0.29, 0.717) is 17.8 Å². The summed E-state index contributed by atoms with van der Waals surface area (Å²) in [4.78, 5) is 13.9. The van der Waals surface area contributed by atoms with Crippen LogP contribution >= 0.6 is 0 Å². The maximum Gasteiger partial charge on any atom is 0.352 e. The number of carbonyl (C=O) groups is 1. The molecule has 0 bridgehead atoms. The minimum Gasteiger partial charge on any atom is -0.477 e. The fourth-order valence-corrected chi connectivity index (χ4v) is 4.20. The first-order valence-corrected chi connectivity index (χ1v) is 8.31. The second-order valence-electron chi connectivity index (χ2n) is 6.66. The van der Waals surface area contributed by atoms with Gasteiger partial charge in [-0.3, -0.25) is 0 Å². The van der Waals surface area contributed by atoms with Gasteiger partial charge in [-0.05, 0) is 50.7 Å². The van der Waals surface area contributed by atoms with E-state index in [1.54, 1.807) is 6.07 Å². The van der Waals surface area contributed by atoms with Crippen LogP contribution in [0.4, 0.5) is 0 Å². The lowest BCUT2D eigenvalue weighted by atomic mass is 9.95. The summed E-state index contributed by atoms with van der Waals surface area (Å²) in [7, 11) is 0. The van der Waals surface area contributed by atoms with E-state index in [1.165, 1.54) is 25.7 Å². The third-order valence-corrected chi connectivity index (χ3v) is 5.55. The highest BCUT2D eigenvalue weighted by atomic mass is 16.4. The minimum atomic E-state index is -0.818. The van der Waals surface area contributed by atoms with E-state index in [0.717, 1.165) is 31.8 Å². The van der Waals surface area contributed by atoms with E-state index in [9.17, 15) is 9.90 Å². The summed E-state index contributed by atoms with van der Waals surface area (Å²) in [5.74, 6) is 0.0597. The molecular weight excluding hydrogens is 264 g/mol. The lowest BCUT2D eigenvalue weighted by Gasteiger charge is -2.39. The average molecular weight is 290 g/mol. The Kier molecular flexibility index (Phi) is 4.34. The van der Waals surface area contributed by atoms with Crippen molar-refractivity contribution in [3.63, 3.8) is 0 Å². The quantitative estimate of drug-likeness (QED) is 0.924. The van der Waals surface area contributed by atoms with Crippen molar-refractivity contribution in [3.8, 4) is 0 Å². The molecule has 2 fully saturated rings. The van der Waals surface area contributed by atoms with Gasteiger partial charge in [-0.2, -0.15) is 0 Å². The van der Waals surface area contributed by atoms with E-state index < -0.39 is 5.97 Å². The Labute approximate surface area is 126 Å². The molecule has 0 spiro atoms. The summed E-state index contributed by atoms with van der Waals surface area (Å²) in [6, 6.07) is 4.59. The molecule has 116 valence electrons. The van der Waals surface area contributed by atoms with Gasteiger partial charge in [-0.25, -0.2) is 4.79 Å². The molecular formula is C17H26N2O2. The van der Waals surface area contributed by atoms with Crippen LogP contribution in [0.5, 0.6) is 0 Å². The number of nitrogens with zero attached hydrogens (tertiary/aromatic N) is 2. The molecule has 2 heterocycles. The lowest BCUT2D eigenvalue weighted by molar-refractivity contribution is 0.0671. The molecule has 0 amide bonds. The predicted octanol–water partition coefficient (Wildman–Crippen LogP) is 3.40. The fraction of sp³-hybridized carbons (Fsp3) is 0.706. The first-order valence-electron chi connectivity index (χ1n) is 8.31. The van der Waals surface area contributed by atoms with E-state index in [4.69, 9.17) is 0 Å². The molecule has 0 radical (unpaired) electrons. The Morgan fingerprint density at radius 3 is 2.52 bits per heavy atom. The molecule has 0 aromatic carbocycles. The molecule has 4 heteroatoms. The third-order valence-electron chi connectivity index (χ3n) is 5.55. The molecule has 1 aliphatic carbocycles. The molecule has 1 aromatic heterocycles. The largest absolute Gasteiger partial charge is 0.477 e. The number of aromatic carboxylic acids is 1. The maximum atomic E-state index is 11.2. The van der Waals surface area contributed by atoms with Gasteiger partial charge in [0.25, 0.3) is 0 Å². The summed E-state index contributed by atoms with van der Waals surface area (Å²) in [5.41, 5.74) is 0.428. The number of hydrogen-bond donors (Lipinski definition) is 1. The summed E-state index contributed by atoms with van der Waals surface area (Å²) in [5, 5.41) is 9.24. The van der Waals surface area contributed by atoms with Crippen LogP contribution in [0.25, 0.3) is 0 Å². The first kappa shape index (κ1) is 14.6.